The predicted molar refractivity (Wildman–Crippen MR) is 87.6 cm³/mol. The fourth-order valence-electron chi connectivity index (χ4n) is 3.60. The SMILES string of the molecule is Cc1c(C(C)NC2CCN(C)CC2C)oc2ccccc12. The molecule has 1 aliphatic heterocycles. The van der Waals surface area contributed by atoms with Crippen LogP contribution in [0.5, 0.6) is 0 Å². The van der Waals surface area contributed by atoms with Crippen LogP contribution in [0.1, 0.15) is 37.6 Å². The van der Waals surface area contributed by atoms with Crippen molar-refractivity contribution in [3.8, 4) is 0 Å². The number of piperidine rings is 1. The Bertz CT molecular complexity index is 619. The van der Waals surface area contributed by atoms with Crippen molar-refractivity contribution in [1.29, 1.82) is 0 Å². The highest BCUT2D eigenvalue weighted by Gasteiger charge is 2.27. The summed E-state index contributed by atoms with van der Waals surface area (Å²) in [5.74, 6) is 1.76. The quantitative estimate of drug-likeness (QED) is 0.932. The Balaban J connectivity index is 1.78. The maximum atomic E-state index is 6.09. The molecule has 3 nitrogen and oxygen atoms in total. The fourth-order valence-corrected chi connectivity index (χ4v) is 3.60. The van der Waals surface area contributed by atoms with E-state index in [1.807, 2.05) is 6.07 Å². The minimum Gasteiger partial charge on any atom is -0.459 e. The summed E-state index contributed by atoms with van der Waals surface area (Å²) in [4.78, 5) is 2.42. The van der Waals surface area contributed by atoms with E-state index in [9.17, 15) is 0 Å². The van der Waals surface area contributed by atoms with Crippen LogP contribution in [0, 0.1) is 12.8 Å². The van der Waals surface area contributed by atoms with Crippen molar-refractivity contribution in [2.75, 3.05) is 20.1 Å². The van der Waals surface area contributed by atoms with E-state index in [0.717, 1.165) is 11.3 Å². The molecule has 0 aliphatic carbocycles. The zero-order valence-electron chi connectivity index (χ0n) is 13.5. The minimum atomic E-state index is 0.258. The summed E-state index contributed by atoms with van der Waals surface area (Å²) in [6.45, 7) is 9.07. The Hall–Kier alpha value is -1.32. The second-order valence-electron chi connectivity index (χ2n) is 6.61. The van der Waals surface area contributed by atoms with Crippen LogP contribution in [0.15, 0.2) is 28.7 Å². The van der Waals surface area contributed by atoms with E-state index < -0.39 is 0 Å². The van der Waals surface area contributed by atoms with Gasteiger partial charge in [-0.25, -0.2) is 0 Å². The average molecular weight is 286 g/mol. The molecule has 1 saturated heterocycles. The average Bonchev–Trinajstić information content (AvgIpc) is 2.80. The van der Waals surface area contributed by atoms with E-state index in [4.69, 9.17) is 4.42 Å². The first-order valence-corrected chi connectivity index (χ1v) is 7.99. The summed E-state index contributed by atoms with van der Waals surface area (Å²) in [5, 5.41) is 5.02. The number of furan rings is 1. The Morgan fingerprint density at radius 2 is 2.10 bits per heavy atom. The molecule has 21 heavy (non-hydrogen) atoms. The summed E-state index contributed by atoms with van der Waals surface area (Å²) in [7, 11) is 2.21. The van der Waals surface area contributed by atoms with E-state index in [-0.39, 0.29) is 6.04 Å². The van der Waals surface area contributed by atoms with Crippen molar-refractivity contribution >= 4 is 11.0 Å². The lowest BCUT2D eigenvalue weighted by Gasteiger charge is -2.36. The van der Waals surface area contributed by atoms with Crippen LogP contribution in [0.3, 0.4) is 0 Å². The van der Waals surface area contributed by atoms with E-state index in [0.29, 0.717) is 12.0 Å². The fraction of sp³-hybridized carbons (Fsp3) is 0.556. The van der Waals surface area contributed by atoms with Gasteiger partial charge in [-0.05, 0) is 51.4 Å². The maximum Gasteiger partial charge on any atom is 0.134 e. The van der Waals surface area contributed by atoms with E-state index in [1.165, 1.54) is 30.5 Å². The molecule has 1 fully saturated rings. The topological polar surface area (TPSA) is 28.4 Å². The Morgan fingerprint density at radius 1 is 1.33 bits per heavy atom. The van der Waals surface area contributed by atoms with Crippen molar-refractivity contribution in [2.24, 2.45) is 5.92 Å². The van der Waals surface area contributed by atoms with Gasteiger partial charge in [-0.3, -0.25) is 0 Å². The number of hydrogen-bond acceptors (Lipinski definition) is 3. The Kier molecular flexibility index (Phi) is 4.05. The molecule has 1 N–H and O–H groups in total. The molecule has 3 heteroatoms. The second-order valence-corrected chi connectivity index (χ2v) is 6.61. The molecule has 1 aromatic carbocycles. The van der Waals surface area contributed by atoms with Crippen LogP contribution >= 0.6 is 0 Å². The standard InChI is InChI=1S/C18H26N2O/c1-12-11-20(4)10-9-16(12)19-14(3)18-13(2)15-7-5-6-8-17(15)21-18/h5-8,12,14,16,19H,9-11H2,1-4H3. The van der Waals surface area contributed by atoms with Gasteiger partial charge in [0.2, 0.25) is 0 Å². The lowest BCUT2D eigenvalue weighted by molar-refractivity contribution is 0.165. The molecule has 2 heterocycles. The molecule has 1 aliphatic rings. The highest BCUT2D eigenvalue weighted by Crippen LogP contribution is 2.30. The summed E-state index contributed by atoms with van der Waals surface area (Å²) < 4.78 is 6.09. The van der Waals surface area contributed by atoms with Crippen molar-refractivity contribution in [3.05, 3.63) is 35.6 Å². The zero-order chi connectivity index (χ0) is 15.0. The molecule has 0 spiro atoms. The third-order valence-corrected chi connectivity index (χ3v) is 4.85. The summed E-state index contributed by atoms with van der Waals surface area (Å²) in [5.41, 5.74) is 2.27. The van der Waals surface area contributed by atoms with Gasteiger partial charge in [-0.1, -0.05) is 25.1 Å². The Morgan fingerprint density at radius 3 is 2.81 bits per heavy atom. The van der Waals surface area contributed by atoms with Gasteiger partial charge in [0.15, 0.2) is 0 Å². The third-order valence-electron chi connectivity index (χ3n) is 4.85. The van der Waals surface area contributed by atoms with Gasteiger partial charge >= 0.3 is 0 Å². The van der Waals surface area contributed by atoms with E-state index >= 15 is 0 Å². The van der Waals surface area contributed by atoms with Crippen molar-refractivity contribution < 1.29 is 4.42 Å². The second kappa shape index (κ2) is 5.82. The lowest BCUT2D eigenvalue weighted by Crippen LogP contribution is -2.47. The molecule has 0 bridgehead atoms. The van der Waals surface area contributed by atoms with Gasteiger partial charge in [0.25, 0.3) is 0 Å². The summed E-state index contributed by atoms with van der Waals surface area (Å²) in [6.07, 6.45) is 1.21. The number of nitrogens with one attached hydrogen (secondary N) is 1. The van der Waals surface area contributed by atoms with Crippen LogP contribution in [0.4, 0.5) is 0 Å². The first-order valence-electron chi connectivity index (χ1n) is 7.99. The van der Waals surface area contributed by atoms with E-state index in [2.05, 4.69) is 56.2 Å². The molecule has 0 amide bonds. The molecule has 0 radical (unpaired) electrons. The summed E-state index contributed by atoms with van der Waals surface area (Å²) >= 11 is 0. The van der Waals surface area contributed by atoms with Gasteiger partial charge in [0.05, 0.1) is 6.04 Å². The molecule has 3 unspecified atom stereocenters. The summed E-state index contributed by atoms with van der Waals surface area (Å²) in [6, 6.07) is 9.13. The van der Waals surface area contributed by atoms with Crippen LogP contribution in [0.2, 0.25) is 0 Å². The zero-order valence-corrected chi connectivity index (χ0v) is 13.5. The van der Waals surface area contributed by atoms with Crippen LogP contribution in [0.25, 0.3) is 11.0 Å². The molecule has 1 aromatic heterocycles. The Labute approximate surface area is 127 Å². The van der Waals surface area contributed by atoms with E-state index in [1.54, 1.807) is 0 Å². The third kappa shape index (κ3) is 2.85. The van der Waals surface area contributed by atoms with Crippen LogP contribution in [-0.2, 0) is 0 Å². The highest BCUT2D eigenvalue weighted by molar-refractivity contribution is 5.82. The first kappa shape index (κ1) is 14.6. The number of fused-ring (bicyclic) bond motifs is 1. The molecular weight excluding hydrogens is 260 g/mol. The minimum absolute atomic E-state index is 0.258. The largest absolute Gasteiger partial charge is 0.459 e. The molecule has 3 rings (SSSR count). The molecule has 114 valence electrons. The van der Waals surface area contributed by atoms with Gasteiger partial charge in [-0.15, -0.1) is 0 Å². The number of para-hydroxylation sites is 1. The van der Waals surface area contributed by atoms with Crippen molar-refractivity contribution in [2.45, 2.75) is 39.3 Å². The highest BCUT2D eigenvalue weighted by atomic mass is 16.3. The normalized spacial score (nSPS) is 25.3. The van der Waals surface area contributed by atoms with Crippen LogP contribution in [-0.4, -0.2) is 31.1 Å². The molecule has 0 saturated carbocycles. The van der Waals surface area contributed by atoms with Gasteiger partial charge < -0.3 is 14.6 Å². The number of nitrogens with zero attached hydrogens (tertiary/aromatic N) is 1. The number of rotatable bonds is 3. The van der Waals surface area contributed by atoms with Crippen LogP contribution < -0.4 is 5.32 Å². The first-order chi connectivity index (χ1) is 10.1. The smallest absolute Gasteiger partial charge is 0.134 e. The van der Waals surface area contributed by atoms with Gasteiger partial charge in [-0.2, -0.15) is 0 Å². The maximum absolute atomic E-state index is 6.09. The monoisotopic (exact) mass is 286 g/mol. The number of aryl methyl sites for hydroxylation is 1. The number of hydrogen-bond donors (Lipinski definition) is 1. The molecule has 3 atom stereocenters. The molecule has 2 aromatic rings. The van der Waals surface area contributed by atoms with Gasteiger partial charge in [0.1, 0.15) is 11.3 Å². The molecular formula is C18H26N2O. The van der Waals surface area contributed by atoms with Gasteiger partial charge in [0, 0.05) is 18.0 Å². The predicted octanol–water partition coefficient (Wildman–Crippen LogP) is 3.73. The number of likely N-dealkylation sites (tertiary alicyclic amines) is 1. The number of benzene rings is 1. The van der Waals surface area contributed by atoms with Crippen molar-refractivity contribution in [3.63, 3.8) is 0 Å². The van der Waals surface area contributed by atoms with Crippen molar-refractivity contribution in [1.82, 2.24) is 10.2 Å². The lowest BCUT2D eigenvalue weighted by atomic mass is 9.93.